The Bertz CT molecular complexity index is 1620. The van der Waals surface area contributed by atoms with Gasteiger partial charge >= 0.3 is 12.1 Å². The lowest BCUT2D eigenvalue weighted by Gasteiger charge is -2.28. The van der Waals surface area contributed by atoms with Crippen molar-refractivity contribution in [1.29, 1.82) is 5.41 Å². The third kappa shape index (κ3) is 10.2. The average Bonchev–Trinajstić information content (AvgIpc) is 3.38. The van der Waals surface area contributed by atoms with Gasteiger partial charge < -0.3 is 27.2 Å². The van der Waals surface area contributed by atoms with Crippen LogP contribution in [0.2, 0.25) is 0 Å². The lowest BCUT2D eigenvalue weighted by molar-refractivity contribution is -0.142. The second kappa shape index (κ2) is 18.9. The standard InChI is InChI=1S/C35H42ClN7O5.ClH/c1-4-6-7-10-21-48-35(46)41-33(37)25-12-15-27(16-13-25)39-23-31-40-28-22-26(14-17-29(28)43(31,3)24-36)34(45)42(20-18-32(44)47-5-2)30-11-8-9-19-38-30;/h8-9,11-17,19,22H,4-7,10,18,20-21,23-24H2,1-3H3,(H2-,37,39,41,46);1H. The van der Waals surface area contributed by atoms with E-state index in [1.807, 2.05) is 25.2 Å². The van der Waals surface area contributed by atoms with Crippen LogP contribution < -0.4 is 32.4 Å². The van der Waals surface area contributed by atoms with Crippen LogP contribution in [-0.4, -0.2) is 74.0 Å². The Morgan fingerprint density at radius 1 is 0.980 bits per heavy atom. The summed E-state index contributed by atoms with van der Waals surface area (Å²) in [7, 11) is 1.96. The predicted octanol–water partition coefficient (Wildman–Crippen LogP) is 3.61. The molecule has 0 saturated carbocycles. The molecule has 0 spiro atoms. The molecule has 2 amide bonds. The van der Waals surface area contributed by atoms with Crippen molar-refractivity contribution in [3.8, 4) is 0 Å². The van der Waals surface area contributed by atoms with Crippen molar-refractivity contribution in [2.24, 2.45) is 4.99 Å². The second-order valence-corrected chi connectivity index (χ2v) is 11.6. The van der Waals surface area contributed by atoms with E-state index in [4.69, 9.17) is 31.5 Å². The van der Waals surface area contributed by atoms with E-state index in [1.165, 1.54) is 4.90 Å². The highest BCUT2D eigenvalue weighted by Crippen LogP contribution is 2.41. The number of carbonyl (C=O) groups is 3. The van der Waals surface area contributed by atoms with Crippen LogP contribution in [0.5, 0.6) is 0 Å². The summed E-state index contributed by atoms with van der Waals surface area (Å²) in [6, 6.07) is 17.9. The second-order valence-electron chi connectivity index (χ2n) is 11.4. The molecular formula is C35H43Cl2N7O5. The average molecular weight is 713 g/mol. The fourth-order valence-corrected chi connectivity index (χ4v) is 5.43. The number of hydrogen-bond donors (Lipinski definition) is 3. The number of carbonyl (C=O) groups excluding carboxylic acids is 3. The van der Waals surface area contributed by atoms with Crippen molar-refractivity contribution in [3.05, 3.63) is 78.0 Å². The van der Waals surface area contributed by atoms with E-state index in [9.17, 15) is 14.4 Å². The van der Waals surface area contributed by atoms with Crippen molar-refractivity contribution in [1.82, 2.24) is 14.8 Å². The quantitative estimate of drug-likeness (QED) is 0.0392. The summed E-state index contributed by atoms with van der Waals surface area (Å²) < 4.78 is 10.5. The van der Waals surface area contributed by atoms with Crippen LogP contribution in [0.4, 0.5) is 27.7 Å². The first-order valence-electron chi connectivity index (χ1n) is 16.1. The van der Waals surface area contributed by atoms with Gasteiger partial charge in [0.1, 0.15) is 23.9 Å². The number of unbranched alkanes of at least 4 members (excludes halogenated alkanes) is 3. The number of pyridine rings is 1. The number of halogens is 2. The first kappa shape index (κ1) is 38.9. The topological polar surface area (TPSA) is 146 Å². The van der Waals surface area contributed by atoms with E-state index in [0.29, 0.717) is 35.8 Å². The Hall–Kier alpha value is -4.52. The molecule has 1 unspecified atom stereocenters. The molecule has 0 radical (unpaired) electrons. The summed E-state index contributed by atoms with van der Waals surface area (Å²) in [5, 5.41) is 14.1. The van der Waals surface area contributed by atoms with E-state index in [0.717, 1.165) is 42.9 Å². The number of amides is 2. The van der Waals surface area contributed by atoms with Crippen molar-refractivity contribution in [3.63, 3.8) is 0 Å². The number of aliphatic imine (C=N–C) groups is 1. The molecule has 0 fully saturated rings. The molecule has 4 rings (SSSR count). The minimum Gasteiger partial charge on any atom is -1.00 e. The molecule has 1 atom stereocenters. The SMILES string of the molecule is CCCCCCOC(=O)NC(=N)c1ccc(NCC2=Nc3cc(C(=O)N(CCC(=O)OCC)c4ccccn4)ccc3[N+]2(C)CCl)cc1.[Cl-]. The van der Waals surface area contributed by atoms with Crippen LogP contribution in [0, 0.1) is 5.41 Å². The molecular weight excluding hydrogens is 669 g/mol. The number of esters is 1. The summed E-state index contributed by atoms with van der Waals surface area (Å²) >= 11 is 6.50. The van der Waals surface area contributed by atoms with Crippen LogP contribution in [-0.2, 0) is 14.3 Å². The van der Waals surface area contributed by atoms with Gasteiger partial charge in [0.25, 0.3) is 5.91 Å². The smallest absolute Gasteiger partial charge is 0.412 e. The molecule has 262 valence electrons. The zero-order valence-corrected chi connectivity index (χ0v) is 29.5. The molecule has 0 bridgehead atoms. The highest BCUT2D eigenvalue weighted by Gasteiger charge is 2.40. The number of rotatable bonds is 16. The van der Waals surface area contributed by atoms with Crippen molar-refractivity contribution < 1.29 is 36.3 Å². The molecule has 3 aromatic rings. The number of alkyl carbamates (subject to hydrolysis) is 1. The maximum atomic E-state index is 13.8. The fraction of sp³-hybridized carbons (Fsp3) is 0.371. The van der Waals surface area contributed by atoms with Gasteiger partial charge in [-0.25, -0.2) is 14.3 Å². The molecule has 2 heterocycles. The summed E-state index contributed by atoms with van der Waals surface area (Å²) in [5.74, 6) is 0.415. The maximum Gasteiger partial charge on any atom is 0.412 e. The summed E-state index contributed by atoms with van der Waals surface area (Å²) in [5.41, 5.74) is 3.19. The van der Waals surface area contributed by atoms with Gasteiger partial charge in [-0.2, -0.15) is 4.99 Å². The number of ether oxygens (including phenoxy) is 2. The summed E-state index contributed by atoms with van der Waals surface area (Å²) in [6.45, 7) is 4.91. The van der Waals surface area contributed by atoms with E-state index < -0.39 is 12.1 Å². The maximum absolute atomic E-state index is 13.8. The number of nitrogens with one attached hydrogen (secondary N) is 3. The Morgan fingerprint density at radius 2 is 1.73 bits per heavy atom. The molecule has 3 N–H and O–H groups in total. The van der Waals surface area contributed by atoms with Gasteiger partial charge in [0, 0.05) is 35.6 Å². The van der Waals surface area contributed by atoms with Gasteiger partial charge in [0.05, 0.1) is 26.7 Å². The Morgan fingerprint density at radius 3 is 2.41 bits per heavy atom. The van der Waals surface area contributed by atoms with Gasteiger partial charge in [-0.05, 0) is 61.9 Å². The van der Waals surface area contributed by atoms with E-state index in [-0.39, 0.29) is 54.2 Å². The summed E-state index contributed by atoms with van der Waals surface area (Å²) in [6.07, 6.45) is 4.99. The largest absolute Gasteiger partial charge is 1.00 e. The van der Waals surface area contributed by atoms with Crippen molar-refractivity contribution >= 4 is 64.1 Å². The zero-order valence-electron chi connectivity index (χ0n) is 28.0. The molecule has 1 aromatic heterocycles. The lowest BCUT2D eigenvalue weighted by Crippen LogP contribution is -3.00. The minimum atomic E-state index is -0.637. The number of anilines is 2. The Kier molecular flexibility index (Phi) is 15.0. The van der Waals surface area contributed by atoms with Gasteiger partial charge in [-0.15, -0.1) is 0 Å². The first-order valence-corrected chi connectivity index (χ1v) is 16.6. The van der Waals surface area contributed by atoms with Gasteiger partial charge in [0.2, 0.25) is 5.84 Å². The van der Waals surface area contributed by atoms with E-state index in [1.54, 1.807) is 55.6 Å². The van der Waals surface area contributed by atoms with Crippen LogP contribution in [0.3, 0.4) is 0 Å². The van der Waals surface area contributed by atoms with Gasteiger partial charge in [-0.1, -0.05) is 43.9 Å². The highest BCUT2D eigenvalue weighted by atomic mass is 35.5. The normalized spacial score (nSPS) is 14.5. The zero-order chi connectivity index (χ0) is 34.5. The van der Waals surface area contributed by atoms with E-state index >= 15 is 0 Å². The number of fused-ring (bicyclic) bond motifs is 1. The number of hydrogen-bond acceptors (Lipinski definition) is 9. The number of quaternary nitrogens is 1. The molecule has 14 heteroatoms. The van der Waals surface area contributed by atoms with Crippen LogP contribution in [0.25, 0.3) is 0 Å². The van der Waals surface area contributed by atoms with Crippen LogP contribution >= 0.6 is 11.6 Å². The first-order chi connectivity index (χ1) is 23.2. The molecule has 0 saturated heterocycles. The number of aromatic nitrogens is 1. The fourth-order valence-electron chi connectivity index (χ4n) is 5.16. The van der Waals surface area contributed by atoms with Crippen molar-refractivity contribution in [2.75, 3.05) is 49.6 Å². The number of alkyl halides is 1. The number of amidine groups is 2. The Balaban J connectivity index is 0.00000650. The number of likely N-dealkylation sites (N-methyl/N-ethyl adjacent to an activating group) is 1. The number of nitrogens with zero attached hydrogens (tertiary/aromatic N) is 4. The molecule has 1 aliphatic rings. The molecule has 2 aromatic carbocycles. The van der Waals surface area contributed by atoms with Gasteiger partial charge in [-0.3, -0.25) is 25.2 Å². The monoisotopic (exact) mass is 711 g/mol. The number of benzene rings is 2. The third-order valence-corrected chi connectivity index (χ3v) is 8.39. The highest BCUT2D eigenvalue weighted by molar-refractivity contribution is 6.22. The minimum absolute atomic E-state index is 0. The molecule has 12 nitrogen and oxygen atoms in total. The van der Waals surface area contributed by atoms with Gasteiger partial charge in [0.15, 0.2) is 11.7 Å². The van der Waals surface area contributed by atoms with Crippen molar-refractivity contribution in [2.45, 2.75) is 46.0 Å². The van der Waals surface area contributed by atoms with Crippen LogP contribution in [0.1, 0.15) is 61.9 Å². The predicted molar refractivity (Wildman–Crippen MR) is 190 cm³/mol. The molecule has 49 heavy (non-hydrogen) atoms. The third-order valence-electron chi connectivity index (χ3n) is 7.91. The van der Waals surface area contributed by atoms with E-state index in [2.05, 4.69) is 22.5 Å². The molecule has 0 aliphatic carbocycles. The van der Waals surface area contributed by atoms with Crippen LogP contribution in [0.15, 0.2) is 71.9 Å². The lowest BCUT2D eigenvalue weighted by atomic mass is 10.1. The summed E-state index contributed by atoms with van der Waals surface area (Å²) in [4.78, 5) is 48.5. The molecule has 1 aliphatic heterocycles. The Labute approximate surface area is 298 Å².